The second-order valence-corrected chi connectivity index (χ2v) is 7.39. The Hall–Kier alpha value is -1.75. The van der Waals surface area contributed by atoms with Gasteiger partial charge in [0.1, 0.15) is 0 Å². The molecule has 0 atom stereocenters. The lowest BCUT2D eigenvalue weighted by Gasteiger charge is -2.33. The van der Waals surface area contributed by atoms with Crippen LogP contribution in [0.15, 0.2) is 42.0 Å². The number of carbonyl (C=O) groups is 2. The quantitative estimate of drug-likeness (QED) is 0.316. The Labute approximate surface area is 154 Å². The van der Waals surface area contributed by atoms with Crippen LogP contribution in [0.3, 0.4) is 0 Å². The van der Waals surface area contributed by atoms with Gasteiger partial charge in [0.25, 0.3) is 0 Å². The molecule has 136 valence electrons. The summed E-state index contributed by atoms with van der Waals surface area (Å²) >= 11 is 1.89. The van der Waals surface area contributed by atoms with Crippen molar-refractivity contribution in [3.05, 3.63) is 47.5 Å². The Bertz CT molecular complexity index is 593. The first-order valence-electron chi connectivity index (χ1n) is 8.59. The van der Waals surface area contributed by atoms with Gasteiger partial charge in [0, 0.05) is 5.75 Å². The highest BCUT2D eigenvalue weighted by Gasteiger charge is 2.49. The summed E-state index contributed by atoms with van der Waals surface area (Å²) in [6, 6.07) is 10.4. The molecule has 0 spiro atoms. The van der Waals surface area contributed by atoms with Gasteiger partial charge >= 0.3 is 11.9 Å². The van der Waals surface area contributed by atoms with Crippen LogP contribution < -0.4 is 0 Å². The molecule has 2 rings (SSSR count). The molecular weight excluding hydrogens is 336 g/mol. The average Bonchev–Trinajstić information content (AvgIpc) is 2.67. The molecule has 0 aromatic heterocycles. The van der Waals surface area contributed by atoms with E-state index in [0.29, 0.717) is 12.8 Å². The minimum absolute atomic E-state index is 0.412. The molecule has 1 aliphatic carbocycles. The number of allylic oxidation sites excluding steroid dienone is 2. The van der Waals surface area contributed by atoms with Crippen molar-refractivity contribution in [3.63, 3.8) is 0 Å². The monoisotopic (exact) mass is 362 g/mol. The molecule has 25 heavy (non-hydrogen) atoms. The number of methoxy groups -OCH3 is 2. The van der Waals surface area contributed by atoms with Crippen LogP contribution in [0.2, 0.25) is 0 Å². The van der Waals surface area contributed by atoms with Crippen molar-refractivity contribution < 1.29 is 19.1 Å². The third-order valence-electron chi connectivity index (χ3n) is 4.59. The number of carbonyl (C=O) groups excluding carboxylic acids is 2. The number of hydrogen-bond donors (Lipinski definition) is 0. The molecule has 4 nitrogen and oxygen atoms in total. The number of benzene rings is 1. The van der Waals surface area contributed by atoms with Crippen LogP contribution in [0.1, 0.15) is 37.7 Å². The molecule has 1 aliphatic rings. The summed E-state index contributed by atoms with van der Waals surface area (Å²) in [4.78, 5) is 24.4. The van der Waals surface area contributed by atoms with Gasteiger partial charge in [0.15, 0.2) is 5.41 Å². The zero-order valence-corrected chi connectivity index (χ0v) is 15.8. The third-order valence-corrected chi connectivity index (χ3v) is 5.65. The lowest BCUT2D eigenvalue weighted by molar-refractivity contribution is -0.170. The Morgan fingerprint density at radius 3 is 2.48 bits per heavy atom. The van der Waals surface area contributed by atoms with E-state index in [9.17, 15) is 9.59 Å². The Balaban J connectivity index is 1.89. The maximum Gasteiger partial charge on any atom is 0.323 e. The highest BCUT2D eigenvalue weighted by molar-refractivity contribution is 7.98. The van der Waals surface area contributed by atoms with E-state index in [0.717, 1.165) is 36.3 Å². The Kier molecular flexibility index (Phi) is 7.56. The van der Waals surface area contributed by atoms with Gasteiger partial charge in [-0.1, -0.05) is 42.0 Å². The van der Waals surface area contributed by atoms with Gasteiger partial charge in [-0.3, -0.25) is 9.59 Å². The Morgan fingerprint density at radius 2 is 1.84 bits per heavy atom. The number of esters is 2. The van der Waals surface area contributed by atoms with Crippen LogP contribution in [0.5, 0.6) is 0 Å². The zero-order chi connectivity index (χ0) is 18.1. The summed E-state index contributed by atoms with van der Waals surface area (Å²) < 4.78 is 9.77. The van der Waals surface area contributed by atoms with Gasteiger partial charge in [0.2, 0.25) is 0 Å². The number of hydrogen-bond acceptors (Lipinski definition) is 5. The first kappa shape index (κ1) is 19.6. The SMILES string of the molecule is COC(=O)C1(C(=O)OC)CCC/C(=C\CCSCc2ccccc2)C1. The fourth-order valence-electron chi connectivity index (χ4n) is 3.29. The van der Waals surface area contributed by atoms with E-state index in [-0.39, 0.29) is 0 Å². The van der Waals surface area contributed by atoms with Crippen LogP contribution in [0, 0.1) is 5.41 Å². The van der Waals surface area contributed by atoms with Gasteiger partial charge in [0.05, 0.1) is 14.2 Å². The standard InChI is InChI=1S/C20H26O4S/c1-23-18(21)20(19(22)24-2)12-6-10-16(14-20)11-7-13-25-15-17-8-4-3-5-9-17/h3-5,8-9,11H,6-7,10,12-15H2,1-2H3/b16-11+. The van der Waals surface area contributed by atoms with E-state index in [2.05, 4.69) is 30.3 Å². The van der Waals surface area contributed by atoms with E-state index >= 15 is 0 Å². The van der Waals surface area contributed by atoms with Crippen molar-refractivity contribution in [1.29, 1.82) is 0 Å². The average molecular weight is 362 g/mol. The van der Waals surface area contributed by atoms with E-state index in [1.807, 2.05) is 17.8 Å². The maximum absolute atomic E-state index is 12.2. The number of rotatable bonds is 7. The second kappa shape index (κ2) is 9.66. The molecule has 0 aliphatic heterocycles. The predicted octanol–water partition coefficient (Wildman–Crippen LogP) is 4.14. The summed E-state index contributed by atoms with van der Waals surface area (Å²) in [5.41, 5.74) is 1.32. The highest BCUT2D eigenvalue weighted by atomic mass is 32.2. The first-order chi connectivity index (χ1) is 12.1. The van der Waals surface area contributed by atoms with Crippen molar-refractivity contribution in [2.75, 3.05) is 20.0 Å². The largest absolute Gasteiger partial charge is 0.468 e. The van der Waals surface area contributed by atoms with Crippen LogP contribution in [-0.4, -0.2) is 31.9 Å². The van der Waals surface area contributed by atoms with E-state index in [4.69, 9.17) is 9.47 Å². The normalized spacial score (nSPS) is 17.9. The minimum Gasteiger partial charge on any atom is -0.468 e. The van der Waals surface area contributed by atoms with Crippen LogP contribution in [-0.2, 0) is 24.8 Å². The smallest absolute Gasteiger partial charge is 0.323 e. The summed E-state index contributed by atoms with van der Waals surface area (Å²) in [5, 5.41) is 0. The molecule has 0 N–H and O–H groups in total. The Morgan fingerprint density at radius 1 is 1.16 bits per heavy atom. The van der Waals surface area contributed by atoms with E-state index in [1.165, 1.54) is 19.8 Å². The van der Waals surface area contributed by atoms with Crippen molar-refractivity contribution in [1.82, 2.24) is 0 Å². The molecule has 1 fully saturated rings. The van der Waals surface area contributed by atoms with Crippen LogP contribution >= 0.6 is 11.8 Å². The van der Waals surface area contributed by atoms with Gasteiger partial charge in [-0.25, -0.2) is 0 Å². The minimum atomic E-state index is -1.16. The van der Waals surface area contributed by atoms with E-state index in [1.54, 1.807) is 0 Å². The predicted molar refractivity (Wildman–Crippen MR) is 100 cm³/mol. The van der Waals surface area contributed by atoms with Crippen molar-refractivity contribution >= 4 is 23.7 Å². The highest BCUT2D eigenvalue weighted by Crippen LogP contribution is 2.41. The van der Waals surface area contributed by atoms with Crippen molar-refractivity contribution in [3.8, 4) is 0 Å². The molecule has 0 saturated heterocycles. The van der Waals surface area contributed by atoms with Crippen molar-refractivity contribution in [2.45, 2.75) is 37.9 Å². The van der Waals surface area contributed by atoms with Crippen LogP contribution in [0.4, 0.5) is 0 Å². The number of thioether (sulfide) groups is 1. The lowest BCUT2D eigenvalue weighted by Crippen LogP contribution is -2.43. The molecule has 0 bridgehead atoms. The summed E-state index contributed by atoms with van der Waals surface area (Å²) in [5.74, 6) is 1.05. The number of ether oxygens (including phenoxy) is 2. The topological polar surface area (TPSA) is 52.6 Å². The van der Waals surface area contributed by atoms with Gasteiger partial charge in [-0.15, -0.1) is 0 Å². The summed E-state index contributed by atoms with van der Waals surface area (Å²) in [6.45, 7) is 0. The molecule has 1 aromatic rings. The second-order valence-electron chi connectivity index (χ2n) is 6.28. The fraction of sp³-hybridized carbons (Fsp3) is 0.500. The molecule has 1 aromatic carbocycles. The molecule has 0 unspecified atom stereocenters. The molecule has 0 radical (unpaired) electrons. The summed E-state index contributed by atoms with van der Waals surface area (Å²) in [6.07, 6.45) is 5.75. The molecule has 0 heterocycles. The molecular formula is C20H26O4S. The molecule has 5 heteroatoms. The fourth-order valence-corrected chi connectivity index (χ4v) is 4.15. The van der Waals surface area contributed by atoms with Crippen LogP contribution in [0.25, 0.3) is 0 Å². The van der Waals surface area contributed by atoms with E-state index < -0.39 is 17.4 Å². The van der Waals surface area contributed by atoms with Gasteiger partial charge < -0.3 is 9.47 Å². The zero-order valence-electron chi connectivity index (χ0n) is 15.0. The van der Waals surface area contributed by atoms with Gasteiger partial charge in [-0.2, -0.15) is 11.8 Å². The summed E-state index contributed by atoms with van der Waals surface area (Å²) in [7, 11) is 2.65. The maximum atomic E-state index is 12.2. The van der Waals surface area contributed by atoms with Crippen molar-refractivity contribution in [2.24, 2.45) is 5.41 Å². The first-order valence-corrected chi connectivity index (χ1v) is 9.74. The lowest BCUT2D eigenvalue weighted by atomic mass is 9.71. The van der Waals surface area contributed by atoms with Gasteiger partial charge in [-0.05, 0) is 43.4 Å². The third kappa shape index (κ3) is 5.11. The molecule has 0 amide bonds. The molecule has 1 saturated carbocycles.